The molecule has 2 amide bonds. The minimum Gasteiger partial charge on any atom is -0.480 e. The van der Waals surface area contributed by atoms with E-state index in [1.165, 1.54) is 0 Å². The van der Waals surface area contributed by atoms with Crippen LogP contribution in [0.2, 0.25) is 0 Å². The Bertz CT molecular complexity index is 296. The number of amides is 2. The fourth-order valence-electron chi connectivity index (χ4n) is 2.36. The van der Waals surface area contributed by atoms with Gasteiger partial charge in [0.1, 0.15) is 5.54 Å². The van der Waals surface area contributed by atoms with Crippen LogP contribution in [0.1, 0.15) is 32.6 Å². The van der Waals surface area contributed by atoms with Crippen LogP contribution < -0.4 is 16.4 Å². The van der Waals surface area contributed by atoms with E-state index in [0.29, 0.717) is 31.8 Å². The molecular weight excluding hydrogens is 222 g/mol. The van der Waals surface area contributed by atoms with Gasteiger partial charge in [-0.3, -0.25) is 0 Å². The van der Waals surface area contributed by atoms with E-state index in [2.05, 4.69) is 10.6 Å². The maximum Gasteiger partial charge on any atom is 0.329 e. The lowest BCUT2D eigenvalue weighted by molar-refractivity contribution is -0.146. The van der Waals surface area contributed by atoms with Gasteiger partial charge < -0.3 is 21.5 Å². The molecule has 1 fully saturated rings. The van der Waals surface area contributed by atoms with Crippen LogP contribution in [0.25, 0.3) is 0 Å². The first-order valence-corrected chi connectivity index (χ1v) is 5.99. The lowest BCUT2D eigenvalue weighted by Crippen LogP contribution is -2.59. The molecule has 17 heavy (non-hydrogen) atoms. The summed E-state index contributed by atoms with van der Waals surface area (Å²) in [5.41, 5.74) is 4.15. The average molecular weight is 243 g/mol. The van der Waals surface area contributed by atoms with Gasteiger partial charge in [0, 0.05) is 13.1 Å². The number of carboxylic acid groups (broad SMARTS) is 1. The maximum absolute atomic E-state index is 11.5. The molecule has 6 nitrogen and oxygen atoms in total. The van der Waals surface area contributed by atoms with Crippen molar-refractivity contribution in [2.45, 2.75) is 38.1 Å². The highest BCUT2D eigenvalue weighted by molar-refractivity contribution is 5.86. The van der Waals surface area contributed by atoms with Crippen LogP contribution >= 0.6 is 0 Å². The summed E-state index contributed by atoms with van der Waals surface area (Å²) in [5.74, 6) is -0.637. The normalized spacial score (nSPS) is 28.5. The van der Waals surface area contributed by atoms with Gasteiger partial charge in [0.15, 0.2) is 0 Å². The van der Waals surface area contributed by atoms with E-state index < -0.39 is 17.5 Å². The number of nitrogens with two attached hydrogens (primary N) is 1. The molecule has 98 valence electrons. The molecule has 2 unspecified atom stereocenters. The number of urea groups is 1. The Hall–Kier alpha value is -1.30. The van der Waals surface area contributed by atoms with Gasteiger partial charge in [0.2, 0.25) is 0 Å². The van der Waals surface area contributed by atoms with Crippen LogP contribution in [0, 0.1) is 5.92 Å². The molecule has 0 aromatic heterocycles. The van der Waals surface area contributed by atoms with E-state index in [0.717, 1.165) is 12.8 Å². The largest absolute Gasteiger partial charge is 0.480 e. The highest BCUT2D eigenvalue weighted by atomic mass is 16.4. The van der Waals surface area contributed by atoms with Gasteiger partial charge in [0.05, 0.1) is 0 Å². The molecule has 0 bridgehead atoms. The fourth-order valence-corrected chi connectivity index (χ4v) is 2.36. The van der Waals surface area contributed by atoms with Crippen molar-refractivity contribution in [1.29, 1.82) is 0 Å². The summed E-state index contributed by atoms with van der Waals surface area (Å²) in [5, 5.41) is 14.4. The van der Waals surface area contributed by atoms with Crippen molar-refractivity contribution in [1.82, 2.24) is 10.6 Å². The van der Waals surface area contributed by atoms with Crippen molar-refractivity contribution >= 4 is 12.0 Å². The topological polar surface area (TPSA) is 104 Å². The molecule has 0 aliphatic heterocycles. The Morgan fingerprint density at radius 2 is 2.24 bits per heavy atom. The number of nitrogens with one attached hydrogen (secondary N) is 2. The van der Waals surface area contributed by atoms with Gasteiger partial charge in [0.25, 0.3) is 0 Å². The smallest absolute Gasteiger partial charge is 0.329 e. The van der Waals surface area contributed by atoms with Crippen molar-refractivity contribution in [3.63, 3.8) is 0 Å². The van der Waals surface area contributed by atoms with Crippen molar-refractivity contribution in [3.8, 4) is 0 Å². The van der Waals surface area contributed by atoms with Crippen LogP contribution in [-0.2, 0) is 4.79 Å². The summed E-state index contributed by atoms with van der Waals surface area (Å²) < 4.78 is 0. The van der Waals surface area contributed by atoms with Crippen LogP contribution in [0.15, 0.2) is 0 Å². The third-order valence-electron chi connectivity index (χ3n) is 3.19. The Morgan fingerprint density at radius 1 is 1.53 bits per heavy atom. The monoisotopic (exact) mass is 243 g/mol. The van der Waals surface area contributed by atoms with E-state index in [9.17, 15) is 14.7 Å². The zero-order valence-corrected chi connectivity index (χ0v) is 10.2. The van der Waals surface area contributed by atoms with Gasteiger partial charge in [-0.15, -0.1) is 0 Å². The van der Waals surface area contributed by atoms with E-state index in [-0.39, 0.29) is 0 Å². The Kier molecular flexibility index (Phi) is 4.74. The van der Waals surface area contributed by atoms with Crippen LogP contribution in [0.5, 0.6) is 0 Å². The number of carbonyl (C=O) groups is 2. The molecule has 2 atom stereocenters. The Morgan fingerprint density at radius 3 is 2.76 bits per heavy atom. The van der Waals surface area contributed by atoms with Crippen LogP contribution in [-0.4, -0.2) is 35.7 Å². The van der Waals surface area contributed by atoms with E-state index in [1.54, 1.807) is 0 Å². The van der Waals surface area contributed by atoms with E-state index >= 15 is 0 Å². The summed E-state index contributed by atoms with van der Waals surface area (Å²) in [7, 11) is 0. The molecule has 0 radical (unpaired) electrons. The quantitative estimate of drug-likeness (QED) is 0.569. The summed E-state index contributed by atoms with van der Waals surface area (Å²) >= 11 is 0. The number of hydrogen-bond acceptors (Lipinski definition) is 3. The highest BCUT2D eigenvalue weighted by Gasteiger charge is 2.43. The molecule has 1 aliphatic rings. The predicted octanol–water partition coefficient (Wildman–Crippen LogP) is 0.278. The van der Waals surface area contributed by atoms with Crippen molar-refractivity contribution in [2.75, 3.05) is 13.1 Å². The van der Waals surface area contributed by atoms with Gasteiger partial charge in [-0.05, 0) is 18.8 Å². The minimum absolute atomic E-state index is 0.314. The maximum atomic E-state index is 11.5. The molecule has 1 saturated carbocycles. The number of hydrogen-bond donors (Lipinski definition) is 4. The molecule has 0 saturated heterocycles. The van der Waals surface area contributed by atoms with Crippen molar-refractivity contribution < 1.29 is 14.7 Å². The zero-order chi connectivity index (χ0) is 12.9. The van der Waals surface area contributed by atoms with Gasteiger partial charge in [-0.1, -0.05) is 19.8 Å². The van der Waals surface area contributed by atoms with Gasteiger partial charge in [-0.25, -0.2) is 9.59 Å². The predicted molar refractivity (Wildman–Crippen MR) is 63.6 cm³/mol. The first kappa shape index (κ1) is 13.8. The number of rotatable bonds is 4. The number of carboxylic acids is 1. The second-order valence-corrected chi connectivity index (χ2v) is 4.76. The molecule has 5 N–H and O–H groups in total. The number of aliphatic carboxylic acids is 1. The summed E-state index contributed by atoms with van der Waals surface area (Å²) in [4.78, 5) is 22.9. The number of carbonyl (C=O) groups excluding carboxylic acids is 1. The van der Waals surface area contributed by atoms with E-state index in [4.69, 9.17) is 5.73 Å². The van der Waals surface area contributed by atoms with Gasteiger partial charge >= 0.3 is 12.0 Å². The second-order valence-electron chi connectivity index (χ2n) is 4.76. The zero-order valence-electron chi connectivity index (χ0n) is 10.2. The van der Waals surface area contributed by atoms with Crippen molar-refractivity contribution in [3.05, 3.63) is 0 Å². The van der Waals surface area contributed by atoms with Crippen molar-refractivity contribution in [2.24, 2.45) is 11.7 Å². The Labute approximate surface area is 101 Å². The minimum atomic E-state index is -1.11. The molecule has 0 spiro atoms. The molecule has 0 aromatic carbocycles. The van der Waals surface area contributed by atoms with Crippen LogP contribution in [0.4, 0.5) is 4.79 Å². The van der Waals surface area contributed by atoms with Crippen LogP contribution in [0.3, 0.4) is 0 Å². The highest BCUT2D eigenvalue weighted by Crippen LogP contribution is 2.32. The molecule has 1 aliphatic carbocycles. The molecule has 0 aromatic rings. The first-order valence-electron chi connectivity index (χ1n) is 5.99. The second kappa shape index (κ2) is 5.86. The summed E-state index contributed by atoms with van der Waals surface area (Å²) in [6.07, 6.45) is 2.81. The standard InChI is InChI=1S/C11H21N3O3/c1-8-3-2-4-11(7-8,9(15)16)14-10(17)13-6-5-12/h8H,2-7,12H2,1H3,(H,15,16)(H2,13,14,17). The van der Waals surface area contributed by atoms with E-state index in [1.807, 2.05) is 6.92 Å². The summed E-state index contributed by atoms with van der Waals surface area (Å²) in [6, 6.07) is -0.452. The third-order valence-corrected chi connectivity index (χ3v) is 3.19. The SMILES string of the molecule is CC1CCCC(NC(=O)NCCN)(C(=O)O)C1. The molecule has 1 rings (SSSR count). The average Bonchev–Trinajstić information content (AvgIpc) is 2.26. The van der Waals surface area contributed by atoms with Gasteiger partial charge in [-0.2, -0.15) is 0 Å². The molecular formula is C11H21N3O3. The lowest BCUT2D eigenvalue weighted by Gasteiger charge is -2.36. The fraction of sp³-hybridized carbons (Fsp3) is 0.818. The third kappa shape index (κ3) is 3.59. The first-order chi connectivity index (χ1) is 8.00. The lowest BCUT2D eigenvalue weighted by atomic mass is 9.76. The summed E-state index contributed by atoms with van der Waals surface area (Å²) in [6.45, 7) is 2.69. The molecule has 6 heteroatoms. The Balaban J connectivity index is 2.65. The molecule has 0 heterocycles.